The van der Waals surface area contributed by atoms with Gasteiger partial charge in [-0.3, -0.25) is 4.79 Å². The standard InChI is InChI=1S/C30H28N2O5/c1-3-36-30(34)23-16-10-15-22(19-23)29(35-2)32-24(17-18-25(32)33)28-31-26(20-11-6-4-7-12-20)27(37-28)21-13-8-5-9-14-21/h4-16,19,24,29H,3,17-18H2,1-2H3. The first kappa shape index (κ1) is 24.5. The van der Waals surface area contributed by atoms with Crippen molar-refractivity contribution in [3.05, 3.63) is 102 Å². The molecule has 5 rings (SSSR count). The van der Waals surface area contributed by atoms with Gasteiger partial charge in [-0.05, 0) is 25.5 Å². The van der Waals surface area contributed by atoms with E-state index < -0.39 is 18.2 Å². The fraction of sp³-hybridized carbons (Fsp3) is 0.233. The van der Waals surface area contributed by atoms with Crippen molar-refractivity contribution in [3.63, 3.8) is 0 Å². The number of nitrogens with zero attached hydrogens (tertiary/aromatic N) is 2. The van der Waals surface area contributed by atoms with Crippen LogP contribution in [0, 0.1) is 0 Å². The predicted molar refractivity (Wildman–Crippen MR) is 138 cm³/mol. The van der Waals surface area contributed by atoms with Crippen LogP contribution in [0.25, 0.3) is 22.6 Å². The molecular weight excluding hydrogens is 468 g/mol. The van der Waals surface area contributed by atoms with E-state index in [9.17, 15) is 9.59 Å². The van der Waals surface area contributed by atoms with E-state index in [0.717, 1.165) is 16.8 Å². The molecule has 37 heavy (non-hydrogen) atoms. The lowest BCUT2D eigenvalue weighted by Crippen LogP contribution is -2.33. The quantitative estimate of drug-likeness (QED) is 0.270. The van der Waals surface area contributed by atoms with Crippen LogP contribution in [0.2, 0.25) is 0 Å². The number of likely N-dealkylation sites (tertiary alicyclic amines) is 1. The van der Waals surface area contributed by atoms with Gasteiger partial charge in [-0.15, -0.1) is 0 Å². The highest BCUT2D eigenvalue weighted by molar-refractivity contribution is 5.89. The summed E-state index contributed by atoms with van der Waals surface area (Å²) in [4.78, 5) is 32.1. The maximum atomic E-state index is 13.2. The molecule has 0 saturated carbocycles. The summed E-state index contributed by atoms with van der Waals surface area (Å²) in [5, 5.41) is 0. The normalized spacial score (nSPS) is 16.1. The average Bonchev–Trinajstić information content (AvgIpc) is 3.55. The Morgan fingerprint density at radius 2 is 1.73 bits per heavy atom. The first-order valence-corrected chi connectivity index (χ1v) is 12.3. The van der Waals surface area contributed by atoms with Crippen LogP contribution in [-0.4, -0.2) is 35.5 Å². The first-order chi connectivity index (χ1) is 18.1. The lowest BCUT2D eigenvalue weighted by molar-refractivity contribution is -0.143. The van der Waals surface area contributed by atoms with Crippen molar-refractivity contribution in [2.75, 3.05) is 13.7 Å². The number of hydrogen-bond acceptors (Lipinski definition) is 6. The highest BCUT2D eigenvalue weighted by atomic mass is 16.5. The molecule has 0 aliphatic carbocycles. The molecule has 188 valence electrons. The largest absolute Gasteiger partial charge is 0.462 e. The lowest BCUT2D eigenvalue weighted by Gasteiger charge is -2.31. The Morgan fingerprint density at radius 1 is 1.03 bits per heavy atom. The Kier molecular flexibility index (Phi) is 7.14. The van der Waals surface area contributed by atoms with Crippen molar-refractivity contribution in [1.82, 2.24) is 9.88 Å². The van der Waals surface area contributed by atoms with Crippen LogP contribution in [0.3, 0.4) is 0 Å². The summed E-state index contributed by atoms with van der Waals surface area (Å²) >= 11 is 0. The second-order valence-corrected chi connectivity index (χ2v) is 8.75. The van der Waals surface area contributed by atoms with Crippen LogP contribution >= 0.6 is 0 Å². The molecule has 1 fully saturated rings. The van der Waals surface area contributed by atoms with Crippen LogP contribution in [0.5, 0.6) is 0 Å². The highest BCUT2D eigenvalue weighted by Gasteiger charge is 2.41. The molecule has 7 nitrogen and oxygen atoms in total. The molecule has 2 heterocycles. The average molecular weight is 497 g/mol. The van der Waals surface area contributed by atoms with Crippen molar-refractivity contribution < 1.29 is 23.5 Å². The summed E-state index contributed by atoms with van der Waals surface area (Å²) in [6, 6.07) is 26.2. The third-order valence-corrected chi connectivity index (χ3v) is 6.43. The second-order valence-electron chi connectivity index (χ2n) is 8.75. The number of esters is 1. The minimum atomic E-state index is -0.721. The Bertz CT molecular complexity index is 1330. The maximum absolute atomic E-state index is 13.2. The maximum Gasteiger partial charge on any atom is 0.338 e. The Morgan fingerprint density at radius 3 is 2.41 bits per heavy atom. The monoisotopic (exact) mass is 496 g/mol. The molecule has 1 amide bonds. The summed E-state index contributed by atoms with van der Waals surface area (Å²) in [6.07, 6.45) is 0.159. The summed E-state index contributed by atoms with van der Waals surface area (Å²) in [5.41, 5.74) is 3.63. The zero-order chi connectivity index (χ0) is 25.8. The van der Waals surface area contributed by atoms with Crippen LogP contribution < -0.4 is 0 Å². The van der Waals surface area contributed by atoms with Crippen molar-refractivity contribution in [2.45, 2.75) is 32.0 Å². The summed E-state index contributed by atoms with van der Waals surface area (Å²) in [7, 11) is 1.55. The lowest BCUT2D eigenvalue weighted by atomic mass is 10.1. The number of benzene rings is 3. The number of hydrogen-bond donors (Lipinski definition) is 0. The predicted octanol–water partition coefficient (Wildman–Crippen LogP) is 6.19. The molecule has 1 aliphatic heterocycles. The van der Waals surface area contributed by atoms with Crippen molar-refractivity contribution >= 4 is 11.9 Å². The van der Waals surface area contributed by atoms with Crippen molar-refractivity contribution in [1.29, 1.82) is 0 Å². The topological polar surface area (TPSA) is 81.9 Å². The molecule has 1 saturated heterocycles. The molecule has 0 spiro atoms. The molecule has 0 radical (unpaired) electrons. The van der Waals surface area contributed by atoms with Crippen LogP contribution in [0.15, 0.2) is 89.3 Å². The van der Waals surface area contributed by atoms with Crippen LogP contribution in [0.1, 0.15) is 53.8 Å². The SMILES string of the molecule is CCOC(=O)c1cccc(C(OC)N2C(=O)CCC2c2nc(-c3ccccc3)c(-c3ccccc3)o2)c1. The van der Waals surface area contributed by atoms with E-state index in [1.165, 1.54) is 0 Å². The Labute approximate surface area is 215 Å². The zero-order valence-corrected chi connectivity index (χ0v) is 20.8. The minimum absolute atomic E-state index is 0.0703. The van der Waals surface area contributed by atoms with Gasteiger partial charge in [0.2, 0.25) is 11.8 Å². The summed E-state index contributed by atoms with van der Waals surface area (Å²) < 4.78 is 17.4. The Hall–Kier alpha value is -4.23. The molecule has 2 unspecified atom stereocenters. The van der Waals surface area contributed by atoms with Gasteiger partial charge in [0.15, 0.2) is 12.0 Å². The third kappa shape index (κ3) is 4.90. The molecule has 7 heteroatoms. The molecule has 2 atom stereocenters. The van der Waals surface area contributed by atoms with Crippen LogP contribution in [-0.2, 0) is 14.3 Å². The number of ether oxygens (including phenoxy) is 2. The van der Waals surface area contributed by atoms with E-state index in [4.69, 9.17) is 18.9 Å². The van der Waals surface area contributed by atoms with Crippen LogP contribution in [0.4, 0.5) is 0 Å². The first-order valence-electron chi connectivity index (χ1n) is 12.3. The minimum Gasteiger partial charge on any atom is -0.462 e. The summed E-state index contributed by atoms with van der Waals surface area (Å²) in [5.74, 6) is 0.613. The number of carbonyl (C=O) groups is 2. The molecule has 0 N–H and O–H groups in total. The van der Waals surface area contributed by atoms with Gasteiger partial charge in [-0.25, -0.2) is 9.78 Å². The van der Waals surface area contributed by atoms with Gasteiger partial charge in [-0.1, -0.05) is 72.8 Å². The number of aromatic nitrogens is 1. The summed E-state index contributed by atoms with van der Waals surface area (Å²) in [6.45, 7) is 2.04. The molecule has 1 aliphatic rings. The number of rotatable bonds is 8. The number of carbonyl (C=O) groups excluding carboxylic acids is 2. The fourth-order valence-electron chi connectivity index (χ4n) is 4.74. The zero-order valence-electron chi connectivity index (χ0n) is 20.8. The van der Waals surface area contributed by atoms with Gasteiger partial charge in [0, 0.05) is 30.2 Å². The highest BCUT2D eigenvalue weighted by Crippen LogP contribution is 2.43. The number of oxazole rings is 1. The van der Waals surface area contributed by atoms with Gasteiger partial charge in [0.05, 0.1) is 12.2 Å². The van der Waals surface area contributed by atoms with Gasteiger partial charge < -0.3 is 18.8 Å². The second kappa shape index (κ2) is 10.8. The van der Waals surface area contributed by atoms with Crippen molar-refractivity contribution in [2.24, 2.45) is 0 Å². The van der Waals surface area contributed by atoms with E-state index in [2.05, 4.69) is 0 Å². The third-order valence-electron chi connectivity index (χ3n) is 6.43. The molecular formula is C30H28N2O5. The van der Waals surface area contributed by atoms with E-state index in [0.29, 0.717) is 35.6 Å². The molecule has 1 aromatic heterocycles. The molecule has 0 bridgehead atoms. The number of methoxy groups -OCH3 is 1. The smallest absolute Gasteiger partial charge is 0.338 e. The van der Waals surface area contributed by atoms with Gasteiger partial charge in [0.1, 0.15) is 11.7 Å². The van der Waals surface area contributed by atoms with Gasteiger partial charge in [0.25, 0.3) is 0 Å². The Balaban J connectivity index is 1.55. The van der Waals surface area contributed by atoms with E-state index >= 15 is 0 Å². The number of amides is 1. The van der Waals surface area contributed by atoms with Crippen molar-refractivity contribution in [3.8, 4) is 22.6 Å². The van der Waals surface area contributed by atoms with E-state index in [-0.39, 0.29) is 12.5 Å². The van der Waals surface area contributed by atoms with Gasteiger partial charge >= 0.3 is 5.97 Å². The van der Waals surface area contributed by atoms with E-state index in [1.54, 1.807) is 37.1 Å². The molecule has 3 aromatic carbocycles. The molecule has 4 aromatic rings. The fourth-order valence-corrected chi connectivity index (χ4v) is 4.74. The van der Waals surface area contributed by atoms with Gasteiger partial charge in [-0.2, -0.15) is 0 Å². The van der Waals surface area contributed by atoms with E-state index in [1.807, 2.05) is 66.7 Å².